The van der Waals surface area contributed by atoms with Crippen LogP contribution in [-0.4, -0.2) is 18.2 Å². The monoisotopic (exact) mass is 172 g/mol. The van der Waals surface area contributed by atoms with Gasteiger partial charge in [-0.1, -0.05) is 0 Å². The minimum absolute atomic E-state index is 0.110. The molecule has 12 heavy (non-hydrogen) atoms. The summed E-state index contributed by atoms with van der Waals surface area (Å²) in [5.74, 6) is -0.424. The van der Waals surface area contributed by atoms with E-state index in [4.69, 9.17) is 0 Å². The molecule has 0 radical (unpaired) electrons. The lowest BCUT2D eigenvalue weighted by molar-refractivity contribution is -0.151. The molecule has 0 spiro atoms. The van der Waals surface area contributed by atoms with E-state index in [-0.39, 0.29) is 18.7 Å². The molecule has 0 rings (SSSR count). The molecule has 68 valence electrons. The summed E-state index contributed by atoms with van der Waals surface area (Å²) in [6, 6.07) is 0. The molecule has 0 aliphatic heterocycles. The van der Waals surface area contributed by atoms with Gasteiger partial charge in [-0.2, -0.15) is 0 Å². The van der Waals surface area contributed by atoms with Gasteiger partial charge in [0, 0.05) is 12.8 Å². The molecule has 0 saturated carbocycles. The second-order valence-electron chi connectivity index (χ2n) is 2.50. The molecule has 0 atom stereocenters. The van der Waals surface area contributed by atoms with Gasteiger partial charge in [-0.05, 0) is 19.8 Å². The second kappa shape index (κ2) is 6.52. The van der Waals surface area contributed by atoms with Crippen LogP contribution in [0, 0.1) is 0 Å². The van der Waals surface area contributed by atoms with Gasteiger partial charge in [0.05, 0.1) is 0 Å². The van der Waals surface area contributed by atoms with Crippen molar-refractivity contribution in [2.45, 2.75) is 32.6 Å². The number of ether oxygens (including phenoxy) is 1. The molecule has 0 fully saturated rings. The number of carbonyl (C=O) groups is 3. The van der Waals surface area contributed by atoms with Crippen molar-refractivity contribution in [3.8, 4) is 0 Å². The molecule has 0 aromatic carbocycles. The zero-order chi connectivity index (χ0) is 9.40. The summed E-state index contributed by atoms with van der Waals surface area (Å²) in [6.07, 6.45) is 1.94. The van der Waals surface area contributed by atoms with Gasteiger partial charge in [-0.25, -0.2) is 0 Å². The molecule has 0 aliphatic carbocycles. The van der Waals surface area contributed by atoms with Crippen molar-refractivity contribution in [2.75, 3.05) is 0 Å². The molecular formula is C8H12O4. The number of hydrogen-bond donors (Lipinski definition) is 0. The average Bonchev–Trinajstić information content (AvgIpc) is 1.98. The van der Waals surface area contributed by atoms with E-state index in [1.54, 1.807) is 0 Å². The van der Waals surface area contributed by atoms with Crippen LogP contribution in [0.25, 0.3) is 0 Å². The van der Waals surface area contributed by atoms with E-state index < -0.39 is 5.97 Å². The summed E-state index contributed by atoms with van der Waals surface area (Å²) in [4.78, 5) is 30.7. The summed E-state index contributed by atoms with van der Waals surface area (Å²) in [5.41, 5.74) is 0. The summed E-state index contributed by atoms with van der Waals surface area (Å²) in [6.45, 7) is 1.62. The zero-order valence-corrected chi connectivity index (χ0v) is 7.04. The van der Waals surface area contributed by atoms with Crippen molar-refractivity contribution < 1.29 is 19.1 Å². The largest absolute Gasteiger partial charge is 0.395 e. The Morgan fingerprint density at radius 3 is 2.33 bits per heavy atom. The van der Waals surface area contributed by atoms with Crippen LogP contribution in [0.2, 0.25) is 0 Å². The van der Waals surface area contributed by atoms with Crippen LogP contribution < -0.4 is 0 Å². The predicted octanol–water partition coefficient (Wildman–Crippen LogP) is 0.835. The van der Waals surface area contributed by atoms with Crippen molar-refractivity contribution in [3.63, 3.8) is 0 Å². The molecule has 0 N–H and O–H groups in total. The van der Waals surface area contributed by atoms with Gasteiger partial charge in [0.1, 0.15) is 5.78 Å². The third kappa shape index (κ3) is 6.92. The first-order valence-corrected chi connectivity index (χ1v) is 3.79. The molecule has 0 unspecified atom stereocenters. The molecule has 0 aliphatic rings. The lowest BCUT2D eigenvalue weighted by Crippen LogP contribution is -2.02. The Hall–Kier alpha value is -1.19. The Labute approximate surface area is 70.9 Å². The lowest BCUT2D eigenvalue weighted by Gasteiger charge is -1.96. The van der Waals surface area contributed by atoms with Gasteiger partial charge in [-0.15, -0.1) is 0 Å². The Balaban J connectivity index is 3.25. The Kier molecular flexibility index (Phi) is 5.87. The average molecular weight is 172 g/mol. The van der Waals surface area contributed by atoms with Crippen LogP contribution in [0.1, 0.15) is 32.6 Å². The molecule has 4 nitrogen and oxygen atoms in total. The van der Waals surface area contributed by atoms with Gasteiger partial charge in [0.15, 0.2) is 0 Å². The van der Waals surface area contributed by atoms with Crippen LogP contribution in [0.4, 0.5) is 0 Å². The highest BCUT2D eigenvalue weighted by atomic mass is 16.6. The number of unbranched alkanes of at least 4 members (excludes halogenated alkanes) is 1. The Bertz CT molecular complexity index is 174. The standard InChI is InChI=1S/C8H12O4/c1-7(10)4-2-3-5-8(11)12-6-9/h6H,2-5H2,1H3. The first-order valence-electron chi connectivity index (χ1n) is 3.79. The van der Waals surface area contributed by atoms with E-state index in [9.17, 15) is 14.4 Å². The van der Waals surface area contributed by atoms with E-state index in [1.807, 2.05) is 0 Å². The maximum atomic E-state index is 10.5. The van der Waals surface area contributed by atoms with Gasteiger partial charge < -0.3 is 9.53 Å². The fourth-order valence-corrected chi connectivity index (χ4v) is 0.756. The van der Waals surface area contributed by atoms with Crippen molar-refractivity contribution in [3.05, 3.63) is 0 Å². The van der Waals surface area contributed by atoms with Crippen molar-refractivity contribution in [2.24, 2.45) is 0 Å². The van der Waals surface area contributed by atoms with E-state index in [0.717, 1.165) is 0 Å². The fourth-order valence-electron chi connectivity index (χ4n) is 0.756. The van der Waals surface area contributed by atoms with E-state index in [0.29, 0.717) is 19.3 Å². The zero-order valence-electron chi connectivity index (χ0n) is 7.04. The van der Waals surface area contributed by atoms with E-state index in [1.165, 1.54) is 6.92 Å². The van der Waals surface area contributed by atoms with Crippen molar-refractivity contribution in [1.82, 2.24) is 0 Å². The number of ketones is 1. The van der Waals surface area contributed by atoms with Crippen molar-refractivity contribution >= 4 is 18.2 Å². The highest BCUT2D eigenvalue weighted by Gasteiger charge is 2.01. The van der Waals surface area contributed by atoms with Gasteiger partial charge in [-0.3, -0.25) is 9.59 Å². The molecule has 0 heterocycles. The first-order chi connectivity index (χ1) is 5.66. The van der Waals surface area contributed by atoms with Gasteiger partial charge in [0.2, 0.25) is 0 Å². The molecule has 0 aromatic heterocycles. The second-order valence-corrected chi connectivity index (χ2v) is 2.50. The number of carbonyl (C=O) groups excluding carboxylic acids is 3. The smallest absolute Gasteiger partial charge is 0.313 e. The van der Waals surface area contributed by atoms with Crippen LogP contribution in [0.5, 0.6) is 0 Å². The number of rotatable bonds is 6. The van der Waals surface area contributed by atoms with E-state index in [2.05, 4.69) is 4.74 Å². The quantitative estimate of drug-likeness (QED) is 0.258. The number of Topliss-reactive ketones (excluding diaryl/α,β-unsaturated/α-hetero) is 1. The minimum atomic E-state index is -0.534. The number of esters is 1. The molecule has 0 aromatic rings. The number of hydrogen-bond acceptors (Lipinski definition) is 4. The highest BCUT2D eigenvalue weighted by molar-refractivity contribution is 5.77. The van der Waals surface area contributed by atoms with Gasteiger partial charge in [0.25, 0.3) is 0 Å². The predicted molar refractivity (Wildman–Crippen MR) is 41.3 cm³/mol. The fraction of sp³-hybridized carbons (Fsp3) is 0.625. The summed E-state index contributed by atoms with van der Waals surface area (Å²) in [7, 11) is 0. The first kappa shape index (κ1) is 10.8. The maximum Gasteiger partial charge on any atom is 0.313 e. The maximum absolute atomic E-state index is 10.5. The van der Waals surface area contributed by atoms with Crippen LogP contribution >= 0.6 is 0 Å². The van der Waals surface area contributed by atoms with Gasteiger partial charge >= 0.3 is 12.4 Å². The lowest BCUT2D eigenvalue weighted by atomic mass is 10.1. The van der Waals surface area contributed by atoms with Crippen LogP contribution in [0.3, 0.4) is 0 Å². The molecule has 0 amide bonds. The van der Waals surface area contributed by atoms with Crippen LogP contribution in [-0.2, 0) is 19.1 Å². The van der Waals surface area contributed by atoms with Crippen LogP contribution in [0.15, 0.2) is 0 Å². The third-order valence-corrected chi connectivity index (χ3v) is 1.34. The summed E-state index contributed by atoms with van der Waals surface area (Å²) >= 11 is 0. The molecular weight excluding hydrogens is 160 g/mol. The SMILES string of the molecule is CC(=O)CCCCC(=O)OC=O. The molecule has 4 heteroatoms. The normalized spacial score (nSPS) is 9.08. The van der Waals surface area contributed by atoms with Crippen molar-refractivity contribution in [1.29, 1.82) is 0 Å². The Morgan fingerprint density at radius 1 is 1.25 bits per heavy atom. The minimum Gasteiger partial charge on any atom is -0.395 e. The molecule has 0 bridgehead atoms. The molecule has 0 saturated heterocycles. The topological polar surface area (TPSA) is 60.4 Å². The highest BCUT2D eigenvalue weighted by Crippen LogP contribution is 2.01. The Morgan fingerprint density at radius 2 is 1.83 bits per heavy atom. The third-order valence-electron chi connectivity index (χ3n) is 1.34. The van der Waals surface area contributed by atoms with E-state index >= 15 is 0 Å². The summed E-state index contributed by atoms with van der Waals surface area (Å²) < 4.78 is 4.04. The summed E-state index contributed by atoms with van der Waals surface area (Å²) in [5, 5.41) is 0.